The van der Waals surface area contributed by atoms with Crippen molar-refractivity contribution in [3.8, 4) is 0 Å². The van der Waals surface area contributed by atoms with Crippen molar-refractivity contribution in [3.05, 3.63) is 69.2 Å². The summed E-state index contributed by atoms with van der Waals surface area (Å²) in [7, 11) is 0. The van der Waals surface area contributed by atoms with Gasteiger partial charge in [0.05, 0.1) is 11.1 Å². The number of thiocarbonyl (C=S) groups is 1. The number of non-ortho nitro benzene ring substituents is 1. The number of anilines is 1. The van der Waals surface area contributed by atoms with Crippen LogP contribution in [0.15, 0.2) is 53.6 Å². The second-order valence-electron chi connectivity index (χ2n) is 4.19. The monoisotopic (exact) mass is 334 g/mol. The summed E-state index contributed by atoms with van der Waals surface area (Å²) >= 11 is 10.9. The summed E-state index contributed by atoms with van der Waals surface area (Å²) in [5.74, 6) is 0. The normalized spacial score (nSPS) is 10.4. The lowest BCUT2D eigenvalue weighted by molar-refractivity contribution is -0.384. The molecular formula is C14H11ClN4O2S. The topological polar surface area (TPSA) is 79.6 Å². The van der Waals surface area contributed by atoms with Crippen LogP contribution in [-0.4, -0.2) is 16.3 Å². The van der Waals surface area contributed by atoms with Crippen LogP contribution in [0.4, 0.5) is 11.4 Å². The van der Waals surface area contributed by atoms with E-state index in [1.807, 2.05) is 6.07 Å². The smallest absolute Gasteiger partial charge is 0.270 e. The van der Waals surface area contributed by atoms with Crippen LogP contribution in [0.2, 0.25) is 5.02 Å². The highest BCUT2D eigenvalue weighted by molar-refractivity contribution is 7.80. The Bertz CT molecular complexity index is 736. The zero-order valence-electron chi connectivity index (χ0n) is 11.2. The molecule has 2 aromatic rings. The van der Waals surface area contributed by atoms with Crippen molar-refractivity contribution in [1.29, 1.82) is 0 Å². The van der Waals surface area contributed by atoms with Crippen molar-refractivity contribution >= 4 is 46.5 Å². The predicted octanol–water partition coefficient (Wildman–Crippen LogP) is 3.57. The lowest BCUT2D eigenvalue weighted by Gasteiger charge is -2.06. The molecule has 2 N–H and O–H groups in total. The molecule has 0 radical (unpaired) electrons. The number of rotatable bonds is 4. The Hall–Kier alpha value is -2.51. The average molecular weight is 335 g/mol. The molecule has 0 spiro atoms. The molecule has 2 aromatic carbocycles. The standard InChI is InChI=1S/C14H11ClN4O2S/c15-11-4-2-5-12(8-11)17-14(22)18-16-9-10-3-1-6-13(7-10)19(20)21/h1-9H,(H2,17,18,22)/b16-9+. The van der Waals surface area contributed by atoms with Gasteiger partial charge in [-0.2, -0.15) is 5.10 Å². The van der Waals surface area contributed by atoms with Gasteiger partial charge in [-0.25, -0.2) is 0 Å². The Labute approximate surface area is 136 Å². The Morgan fingerprint density at radius 2 is 2.05 bits per heavy atom. The van der Waals surface area contributed by atoms with Crippen LogP contribution in [0.25, 0.3) is 0 Å². The fraction of sp³-hybridized carbons (Fsp3) is 0. The maximum absolute atomic E-state index is 10.7. The minimum absolute atomic E-state index is 0.00331. The number of halogens is 1. The summed E-state index contributed by atoms with van der Waals surface area (Å²) < 4.78 is 0. The fourth-order valence-electron chi connectivity index (χ4n) is 1.61. The second-order valence-corrected chi connectivity index (χ2v) is 5.03. The van der Waals surface area contributed by atoms with Gasteiger partial charge in [0.1, 0.15) is 0 Å². The number of nitro groups is 1. The number of hydrazone groups is 1. The molecule has 2 rings (SSSR count). The molecular weight excluding hydrogens is 324 g/mol. The largest absolute Gasteiger partial charge is 0.331 e. The first kappa shape index (κ1) is 15.9. The van der Waals surface area contributed by atoms with Crippen molar-refractivity contribution in [3.63, 3.8) is 0 Å². The van der Waals surface area contributed by atoms with Crippen LogP contribution >= 0.6 is 23.8 Å². The number of nitrogens with zero attached hydrogens (tertiary/aromatic N) is 2. The van der Waals surface area contributed by atoms with E-state index in [4.69, 9.17) is 23.8 Å². The van der Waals surface area contributed by atoms with E-state index in [-0.39, 0.29) is 10.8 Å². The van der Waals surface area contributed by atoms with Gasteiger partial charge in [-0.15, -0.1) is 0 Å². The van der Waals surface area contributed by atoms with E-state index in [0.717, 1.165) is 5.69 Å². The molecule has 6 nitrogen and oxygen atoms in total. The van der Waals surface area contributed by atoms with Gasteiger partial charge in [0.15, 0.2) is 5.11 Å². The van der Waals surface area contributed by atoms with Crippen LogP contribution < -0.4 is 10.7 Å². The summed E-state index contributed by atoms with van der Waals surface area (Å²) in [5, 5.41) is 18.4. The maximum Gasteiger partial charge on any atom is 0.270 e. The number of nitro benzene ring substituents is 1. The van der Waals surface area contributed by atoms with Crippen LogP contribution in [0.1, 0.15) is 5.56 Å². The summed E-state index contributed by atoms with van der Waals surface area (Å²) in [5.41, 5.74) is 3.95. The van der Waals surface area contributed by atoms with E-state index in [1.54, 1.807) is 30.3 Å². The van der Waals surface area contributed by atoms with Crippen LogP contribution in [0, 0.1) is 10.1 Å². The molecule has 22 heavy (non-hydrogen) atoms. The Morgan fingerprint density at radius 1 is 1.27 bits per heavy atom. The highest BCUT2D eigenvalue weighted by atomic mass is 35.5. The Morgan fingerprint density at radius 3 is 2.77 bits per heavy atom. The van der Waals surface area contributed by atoms with Crippen molar-refractivity contribution < 1.29 is 4.92 Å². The zero-order valence-corrected chi connectivity index (χ0v) is 12.8. The summed E-state index contributed by atoms with van der Waals surface area (Å²) in [4.78, 5) is 10.2. The molecule has 112 valence electrons. The molecule has 0 aliphatic rings. The van der Waals surface area contributed by atoms with Gasteiger partial charge < -0.3 is 5.32 Å². The lowest BCUT2D eigenvalue weighted by atomic mass is 10.2. The van der Waals surface area contributed by atoms with Crippen molar-refractivity contribution in [1.82, 2.24) is 5.43 Å². The fourth-order valence-corrected chi connectivity index (χ4v) is 1.97. The molecule has 0 saturated carbocycles. The Kier molecular flexibility index (Phi) is 5.40. The van der Waals surface area contributed by atoms with Crippen molar-refractivity contribution in [2.45, 2.75) is 0 Å². The number of nitrogens with one attached hydrogen (secondary N) is 2. The van der Waals surface area contributed by atoms with E-state index in [1.165, 1.54) is 18.3 Å². The third-order valence-corrected chi connectivity index (χ3v) is 2.97. The van der Waals surface area contributed by atoms with Crippen molar-refractivity contribution in [2.24, 2.45) is 5.10 Å². The average Bonchev–Trinajstić information content (AvgIpc) is 2.47. The van der Waals surface area contributed by atoms with E-state index >= 15 is 0 Å². The van der Waals surface area contributed by atoms with Crippen LogP contribution in [0.3, 0.4) is 0 Å². The van der Waals surface area contributed by atoms with E-state index < -0.39 is 4.92 Å². The van der Waals surface area contributed by atoms with Crippen LogP contribution in [-0.2, 0) is 0 Å². The first-order valence-corrected chi connectivity index (χ1v) is 6.93. The molecule has 0 unspecified atom stereocenters. The molecule has 8 heteroatoms. The molecule has 0 aliphatic heterocycles. The molecule has 0 aliphatic carbocycles. The number of hydrogen-bond donors (Lipinski definition) is 2. The first-order chi connectivity index (χ1) is 10.5. The maximum atomic E-state index is 10.7. The molecule has 0 bridgehead atoms. The van der Waals surface area contributed by atoms with Gasteiger partial charge in [-0.1, -0.05) is 29.8 Å². The minimum atomic E-state index is -0.462. The van der Waals surface area contributed by atoms with Gasteiger partial charge in [0.2, 0.25) is 0 Å². The zero-order chi connectivity index (χ0) is 15.9. The lowest BCUT2D eigenvalue weighted by Crippen LogP contribution is -2.23. The van der Waals surface area contributed by atoms with Gasteiger partial charge in [0.25, 0.3) is 5.69 Å². The van der Waals surface area contributed by atoms with Crippen LogP contribution in [0.5, 0.6) is 0 Å². The van der Waals surface area contributed by atoms with Gasteiger partial charge >= 0.3 is 0 Å². The van der Waals surface area contributed by atoms with Crippen molar-refractivity contribution in [2.75, 3.05) is 5.32 Å². The highest BCUT2D eigenvalue weighted by Gasteiger charge is 2.04. The minimum Gasteiger partial charge on any atom is -0.331 e. The quantitative estimate of drug-likeness (QED) is 0.387. The summed E-state index contributed by atoms with van der Waals surface area (Å²) in [6.07, 6.45) is 1.44. The molecule has 0 saturated heterocycles. The second kappa shape index (κ2) is 7.48. The predicted molar refractivity (Wildman–Crippen MR) is 91.5 cm³/mol. The summed E-state index contributed by atoms with van der Waals surface area (Å²) in [6, 6.07) is 13.2. The molecule has 0 heterocycles. The third-order valence-electron chi connectivity index (χ3n) is 2.54. The number of hydrogen-bond acceptors (Lipinski definition) is 4. The number of benzene rings is 2. The third kappa shape index (κ3) is 4.80. The Balaban J connectivity index is 1.93. The highest BCUT2D eigenvalue weighted by Crippen LogP contribution is 2.14. The molecule has 0 atom stereocenters. The first-order valence-electron chi connectivity index (χ1n) is 6.15. The molecule has 0 aromatic heterocycles. The molecule has 0 fully saturated rings. The molecule has 0 amide bonds. The van der Waals surface area contributed by atoms with E-state index in [2.05, 4.69) is 15.8 Å². The van der Waals surface area contributed by atoms with Gasteiger partial charge in [-0.3, -0.25) is 15.5 Å². The van der Waals surface area contributed by atoms with E-state index in [0.29, 0.717) is 10.6 Å². The summed E-state index contributed by atoms with van der Waals surface area (Å²) in [6.45, 7) is 0. The van der Waals surface area contributed by atoms with Gasteiger partial charge in [-0.05, 0) is 30.4 Å². The van der Waals surface area contributed by atoms with Gasteiger partial charge in [0, 0.05) is 28.4 Å². The SMILES string of the molecule is O=[N+]([O-])c1cccc(/C=N/NC(=S)Nc2cccc(Cl)c2)c1. The van der Waals surface area contributed by atoms with E-state index in [9.17, 15) is 10.1 Å².